The molecule has 2 aromatic carbocycles. The van der Waals surface area contributed by atoms with Crippen LogP contribution < -0.4 is 5.56 Å². The van der Waals surface area contributed by atoms with E-state index in [1.807, 2.05) is 19.1 Å². The van der Waals surface area contributed by atoms with Crippen molar-refractivity contribution >= 4 is 38.8 Å². The summed E-state index contributed by atoms with van der Waals surface area (Å²) in [6.45, 7) is 2.03. The smallest absolute Gasteiger partial charge is 0.267 e. The second-order valence-electron chi connectivity index (χ2n) is 5.43. The summed E-state index contributed by atoms with van der Waals surface area (Å²) in [5.74, 6) is 0.670. The highest BCUT2D eigenvalue weighted by molar-refractivity contribution is 7.98. The van der Waals surface area contributed by atoms with Gasteiger partial charge in [0.05, 0.1) is 5.69 Å². The van der Waals surface area contributed by atoms with Gasteiger partial charge >= 0.3 is 0 Å². The Bertz CT molecular complexity index is 1080. The molecule has 0 aliphatic carbocycles. The lowest BCUT2D eigenvalue weighted by atomic mass is 10.1. The highest BCUT2D eigenvalue weighted by Gasteiger charge is 2.08. The number of fused-ring (bicyclic) bond motifs is 2. The third-order valence-electron chi connectivity index (χ3n) is 3.75. The van der Waals surface area contributed by atoms with E-state index in [0.717, 1.165) is 17.1 Å². The van der Waals surface area contributed by atoms with E-state index in [2.05, 4.69) is 40.4 Å². The van der Waals surface area contributed by atoms with Crippen molar-refractivity contribution < 1.29 is 0 Å². The molecule has 0 radical (unpaired) electrons. The van der Waals surface area contributed by atoms with E-state index in [1.165, 1.54) is 31.5 Å². The van der Waals surface area contributed by atoms with Gasteiger partial charge in [0, 0.05) is 16.7 Å². The SMILES string of the molecule is CCc1nn2c(=O)cc(CSc3ccc4ccccc4c3)nc2s1. The Labute approximate surface area is 147 Å². The van der Waals surface area contributed by atoms with Crippen LogP contribution >= 0.6 is 23.1 Å². The first-order valence-corrected chi connectivity index (χ1v) is 9.53. The van der Waals surface area contributed by atoms with Gasteiger partial charge in [0.25, 0.3) is 5.56 Å². The number of hydrogen-bond acceptors (Lipinski definition) is 5. The zero-order valence-electron chi connectivity index (χ0n) is 13.1. The van der Waals surface area contributed by atoms with E-state index >= 15 is 0 Å². The van der Waals surface area contributed by atoms with Crippen molar-refractivity contribution in [3.05, 3.63) is 69.6 Å². The van der Waals surface area contributed by atoms with Crippen molar-refractivity contribution in [1.29, 1.82) is 0 Å². The maximum absolute atomic E-state index is 12.2. The summed E-state index contributed by atoms with van der Waals surface area (Å²) in [6, 6.07) is 16.3. The van der Waals surface area contributed by atoms with Crippen LogP contribution in [0, 0.1) is 0 Å². The van der Waals surface area contributed by atoms with Crippen LogP contribution in [0.3, 0.4) is 0 Å². The summed E-state index contributed by atoms with van der Waals surface area (Å²) >= 11 is 3.17. The van der Waals surface area contributed by atoms with Gasteiger partial charge in [-0.1, -0.05) is 48.6 Å². The molecule has 0 fully saturated rings. The van der Waals surface area contributed by atoms with Crippen molar-refractivity contribution in [3.8, 4) is 0 Å². The van der Waals surface area contributed by atoms with Crippen LogP contribution in [0.1, 0.15) is 17.6 Å². The van der Waals surface area contributed by atoms with Crippen LogP contribution in [-0.4, -0.2) is 14.6 Å². The molecule has 0 unspecified atom stereocenters. The summed E-state index contributed by atoms with van der Waals surface area (Å²) in [6.07, 6.45) is 0.814. The van der Waals surface area contributed by atoms with Crippen LogP contribution in [0.15, 0.2) is 58.2 Å². The van der Waals surface area contributed by atoms with Crippen molar-refractivity contribution in [3.63, 3.8) is 0 Å². The lowest BCUT2D eigenvalue weighted by Gasteiger charge is -2.03. The predicted molar refractivity (Wildman–Crippen MR) is 100 cm³/mol. The molecule has 0 atom stereocenters. The van der Waals surface area contributed by atoms with E-state index in [-0.39, 0.29) is 5.56 Å². The lowest BCUT2D eigenvalue weighted by molar-refractivity contribution is 0.852. The van der Waals surface area contributed by atoms with Gasteiger partial charge in [0.1, 0.15) is 5.01 Å². The predicted octanol–water partition coefficient (Wildman–Crippen LogP) is 4.16. The second kappa shape index (κ2) is 6.37. The van der Waals surface area contributed by atoms with Crippen molar-refractivity contribution in [2.75, 3.05) is 0 Å². The third-order valence-corrected chi connectivity index (χ3v) is 5.83. The van der Waals surface area contributed by atoms with Crippen LogP contribution in [0.25, 0.3) is 15.7 Å². The average Bonchev–Trinajstić information content (AvgIpc) is 3.04. The third kappa shape index (κ3) is 2.95. The number of benzene rings is 2. The Morgan fingerprint density at radius 3 is 2.79 bits per heavy atom. The Balaban J connectivity index is 1.60. The molecule has 0 saturated carbocycles. The minimum Gasteiger partial charge on any atom is -0.267 e. The molecule has 0 aliphatic heterocycles. The van der Waals surface area contributed by atoms with E-state index in [0.29, 0.717) is 10.7 Å². The zero-order chi connectivity index (χ0) is 16.5. The van der Waals surface area contributed by atoms with Gasteiger partial charge in [-0.15, -0.1) is 11.8 Å². The van der Waals surface area contributed by atoms with Crippen molar-refractivity contribution in [2.24, 2.45) is 0 Å². The van der Waals surface area contributed by atoms with Crippen LogP contribution in [-0.2, 0) is 12.2 Å². The minimum absolute atomic E-state index is 0.106. The summed E-state index contributed by atoms with van der Waals surface area (Å²) in [5.41, 5.74) is 0.689. The van der Waals surface area contributed by atoms with Crippen molar-refractivity contribution in [2.45, 2.75) is 24.0 Å². The molecule has 4 rings (SSSR count). The Kier molecular flexibility index (Phi) is 4.08. The van der Waals surface area contributed by atoms with Crippen LogP contribution in [0.2, 0.25) is 0 Å². The quantitative estimate of drug-likeness (QED) is 0.517. The molecular formula is C18H15N3OS2. The molecule has 2 aromatic heterocycles. The molecule has 0 N–H and O–H groups in total. The normalized spacial score (nSPS) is 11.4. The number of hydrogen-bond donors (Lipinski definition) is 0. The molecule has 6 heteroatoms. The molecule has 4 aromatic rings. The number of rotatable bonds is 4. The van der Waals surface area contributed by atoms with Gasteiger partial charge in [-0.2, -0.15) is 9.61 Å². The number of nitrogens with zero attached hydrogens (tertiary/aromatic N) is 3. The molecule has 120 valence electrons. The van der Waals surface area contributed by atoms with E-state index in [4.69, 9.17) is 0 Å². The lowest BCUT2D eigenvalue weighted by Crippen LogP contribution is -2.15. The van der Waals surface area contributed by atoms with Crippen LogP contribution in [0.4, 0.5) is 0 Å². The average molecular weight is 353 g/mol. The van der Waals surface area contributed by atoms with Gasteiger partial charge in [-0.05, 0) is 29.3 Å². The molecule has 0 saturated heterocycles. The summed E-state index contributed by atoms with van der Waals surface area (Å²) in [7, 11) is 0. The largest absolute Gasteiger partial charge is 0.275 e. The Morgan fingerprint density at radius 2 is 1.96 bits per heavy atom. The highest BCUT2D eigenvalue weighted by atomic mass is 32.2. The monoisotopic (exact) mass is 353 g/mol. The van der Waals surface area contributed by atoms with Gasteiger partial charge in [0.15, 0.2) is 0 Å². The number of aryl methyl sites for hydroxylation is 1. The van der Waals surface area contributed by atoms with Gasteiger partial charge in [0.2, 0.25) is 4.96 Å². The van der Waals surface area contributed by atoms with Gasteiger partial charge < -0.3 is 0 Å². The second-order valence-corrected chi connectivity index (χ2v) is 7.52. The first kappa shape index (κ1) is 15.4. The van der Waals surface area contributed by atoms with E-state index in [1.54, 1.807) is 17.8 Å². The first-order chi connectivity index (χ1) is 11.7. The molecule has 0 bridgehead atoms. The standard InChI is InChI=1S/C18H15N3OS2/c1-2-16-20-21-17(22)10-14(19-18(21)24-16)11-23-15-8-7-12-5-3-4-6-13(12)9-15/h3-10H,2,11H2,1H3. The maximum atomic E-state index is 12.2. The molecule has 4 nitrogen and oxygen atoms in total. The fraction of sp³-hybridized carbons (Fsp3) is 0.167. The van der Waals surface area contributed by atoms with E-state index in [9.17, 15) is 4.79 Å². The Hall–Kier alpha value is -2.18. The van der Waals surface area contributed by atoms with Crippen LogP contribution in [0.5, 0.6) is 0 Å². The summed E-state index contributed by atoms with van der Waals surface area (Å²) < 4.78 is 1.40. The molecule has 0 amide bonds. The fourth-order valence-electron chi connectivity index (χ4n) is 2.53. The molecule has 24 heavy (non-hydrogen) atoms. The number of thioether (sulfide) groups is 1. The topological polar surface area (TPSA) is 47.3 Å². The minimum atomic E-state index is -0.106. The molecular weight excluding hydrogens is 338 g/mol. The van der Waals surface area contributed by atoms with Crippen molar-refractivity contribution in [1.82, 2.24) is 14.6 Å². The Morgan fingerprint density at radius 1 is 1.12 bits per heavy atom. The van der Waals surface area contributed by atoms with E-state index < -0.39 is 0 Å². The van der Waals surface area contributed by atoms with Gasteiger partial charge in [-0.25, -0.2) is 4.98 Å². The first-order valence-electron chi connectivity index (χ1n) is 7.73. The molecule has 0 spiro atoms. The highest BCUT2D eigenvalue weighted by Crippen LogP contribution is 2.26. The van der Waals surface area contributed by atoms with Gasteiger partial charge in [-0.3, -0.25) is 4.79 Å². The fourth-order valence-corrected chi connectivity index (χ4v) is 4.22. The summed E-state index contributed by atoms with van der Waals surface area (Å²) in [4.78, 5) is 18.6. The summed E-state index contributed by atoms with van der Waals surface area (Å²) in [5, 5.41) is 7.66. The number of aromatic nitrogens is 3. The molecule has 0 aliphatic rings. The zero-order valence-corrected chi connectivity index (χ0v) is 14.7. The molecule has 2 heterocycles. The maximum Gasteiger partial charge on any atom is 0.275 e.